The molecular weight excluding hydrogens is 867 g/mol. The normalized spacial score (nSPS) is 10.4. The van der Waals surface area contributed by atoms with Gasteiger partial charge in [0.15, 0.2) is 17.5 Å². The summed E-state index contributed by atoms with van der Waals surface area (Å²) in [6.45, 7) is 12.2. The van der Waals surface area contributed by atoms with Crippen LogP contribution in [0, 0.1) is 90.9 Å². The standard InChI is InChI=1S/3C14H13N5.Eu/c3*1-9-3-4-15-11(5-9)12-6-10(2)7-13(18-12)14-16-8-17-19-14;/h3*3-8H,1-2H3,(H,16,17,19);. The number of nitrogens with zero attached hydrogens (tertiary/aromatic N) is 12. The van der Waals surface area contributed by atoms with Gasteiger partial charge in [-0.15, -0.1) is 0 Å². The molecule has 0 aromatic carbocycles. The second kappa shape index (κ2) is 19.4. The fourth-order valence-corrected chi connectivity index (χ4v) is 5.77. The van der Waals surface area contributed by atoms with Gasteiger partial charge in [-0.1, -0.05) is 0 Å². The summed E-state index contributed by atoms with van der Waals surface area (Å²) in [6.07, 6.45) is 9.81. The molecule has 0 saturated heterocycles. The molecule has 9 aromatic heterocycles. The van der Waals surface area contributed by atoms with E-state index < -0.39 is 0 Å². The molecule has 0 spiro atoms. The summed E-state index contributed by atoms with van der Waals surface area (Å²) < 4.78 is 0. The fourth-order valence-electron chi connectivity index (χ4n) is 5.77. The average Bonchev–Trinajstić information content (AvgIpc) is 4.03. The molecule has 0 saturated carbocycles. The van der Waals surface area contributed by atoms with Gasteiger partial charge in [0.2, 0.25) is 0 Å². The molecule has 9 rings (SSSR count). The van der Waals surface area contributed by atoms with Gasteiger partial charge in [-0.25, -0.2) is 29.9 Å². The van der Waals surface area contributed by atoms with Crippen molar-refractivity contribution < 1.29 is 49.4 Å². The Morgan fingerprint density at radius 1 is 0.310 bits per heavy atom. The van der Waals surface area contributed by atoms with Gasteiger partial charge in [0.1, 0.15) is 36.1 Å². The van der Waals surface area contributed by atoms with Crippen molar-refractivity contribution in [3.05, 3.63) is 144 Å². The van der Waals surface area contributed by atoms with Crippen molar-refractivity contribution >= 4 is 0 Å². The maximum Gasteiger partial charge on any atom is 0.174 e. The zero-order valence-electron chi connectivity index (χ0n) is 32.6. The predicted molar refractivity (Wildman–Crippen MR) is 217 cm³/mol. The van der Waals surface area contributed by atoms with Crippen molar-refractivity contribution in [2.75, 3.05) is 0 Å². The van der Waals surface area contributed by atoms with Crippen LogP contribution >= 0.6 is 0 Å². The van der Waals surface area contributed by atoms with Crippen LogP contribution in [0.1, 0.15) is 33.4 Å². The van der Waals surface area contributed by atoms with E-state index in [9.17, 15) is 0 Å². The van der Waals surface area contributed by atoms with E-state index in [-0.39, 0.29) is 49.4 Å². The molecule has 15 nitrogen and oxygen atoms in total. The largest absolute Gasteiger partial charge is 0.258 e. The Morgan fingerprint density at radius 2 is 0.569 bits per heavy atom. The number of pyridine rings is 6. The van der Waals surface area contributed by atoms with Gasteiger partial charge < -0.3 is 0 Å². The topological polar surface area (TPSA) is 202 Å². The maximum atomic E-state index is 4.59. The van der Waals surface area contributed by atoms with Gasteiger partial charge in [0.05, 0.1) is 34.2 Å². The van der Waals surface area contributed by atoms with Crippen molar-refractivity contribution in [3.8, 4) is 68.7 Å². The molecule has 289 valence electrons. The van der Waals surface area contributed by atoms with Crippen LogP contribution in [-0.4, -0.2) is 75.4 Å². The first kappa shape index (κ1) is 41.5. The van der Waals surface area contributed by atoms with Gasteiger partial charge >= 0.3 is 0 Å². The molecule has 58 heavy (non-hydrogen) atoms. The zero-order valence-corrected chi connectivity index (χ0v) is 35.1. The summed E-state index contributed by atoms with van der Waals surface area (Å²) in [5.74, 6) is 1.99. The van der Waals surface area contributed by atoms with E-state index in [1.807, 2.05) is 114 Å². The van der Waals surface area contributed by atoms with E-state index in [1.54, 1.807) is 18.6 Å². The van der Waals surface area contributed by atoms with Crippen molar-refractivity contribution in [2.45, 2.75) is 41.5 Å². The summed E-state index contributed by atoms with van der Waals surface area (Å²) in [6, 6.07) is 23.9. The van der Waals surface area contributed by atoms with E-state index in [1.165, 1.54) is 19.0 Å². The predicted octanol–water partition coefficient (Wildman–Crippen LogP) is 7.64. The van der Waals surface area contributed by atoms with Crippen LogP contribution in [0.2, 0.25) is 0 Å². The smallest absolute Gasteiger partial charge is 0.174 e. The summed E-state index contributed by atoms with van der Waals surface area (Å²) >= 11 is 0. The van der Waals surface area contributed by atoms with Gasteiger partial charge in [-0.05, 0) is 148 Å². The minimum atomic E-state index is 0. The molecule has 9 heterocycles. The molecule has 0 aliphatic carbocycles. The second-order valence-electron chi connectivity index (χ2n) is 13.4. The Hall–Kier alpha value is -6.10. The van der Waals surface area contributed by atoms with Crippen molar-refractivity contribution in [1.29, 1.82) is 0 Å². The maximum absolute atomic E-state index is 4.59. The minimum Gasteiger partial charge on any atom is -0.258 e. The fraction of sp³-hybridized carbons (Fsp3) is 0.143. The van der Waals surface area contributed by atoms with E-state index in [4.69, 9.17) is 0 Å². The van der Waals surface area contributed by atoms with E-state index >= 15 is 0 Å². The Morgan fingerprint density at radius 3 is 0.810 bits per heavy atom. The Balaban J connectivity index is 0.000000145. The first-order valence-corrected chi connectivity index (χ1v) is 18.0. The number of nitrogens with one attached hydrogen (secondary N) is 3. The minimum absolute atomic E-state index is 0. The van der Waals surface area contributed by atoms with Crippen LogP contribution in [0.25, 0.3) is 68.7 Å². The number of rotatable bonds is 6. The van der Waals surface area contributed by atoms with Crippen LogP contribution < -0.4 is 0 Å². The van der Waals surface area contributed by atoms with Gasteiger partial charge in [-0.2, -0.15) is 15.3 Å². The first-order chi connectivity index (χ1) is 27.7. The first-order valence-electron chi connectivity index (χ1n) is 18.0. The molecule has 0 amide bonds. The quantitative estimate of drug-likeness (QED) is 0.147. The number of aryl methyl sites for hydroxylation is 6. The van der Waals surface area contributed by atoms with Crippen LogP contribution in [0.5, 0.6) is 0 Å². The second-order valence-corrected chi connectivity index (χ2v) is 13.4. The molecule has 0 unspecified atom stereocenters. The molecule has 3 N–H and O–H groups in total. The average molecular weight is 906 g/mol. The number of H-pyrrole nitrogens is 3. The molecule has 9 aromatic rings. The van der Waals surface area contributed by atoms with Gasteiger partial charge in [-0.3, -0.25) is 30.2 Å². The molecule has 1 radical (unpaired) electrons. The number of hydrogen-bond acceptors (Lipinski definition) is 12. The van der Waals surface area contributed by atoms with Crippen molar-refractivity contribution in [3.63, 3.8) is 0 Å². The number of hydrogen-bond donors (Lipinski definition) is 3. The van der Waals surface area contributed by atoms with Gasteiger partial charge in [0, 0.05) is 68.0 Å². The zero-order chi connectivity index (χ0) is 39.7. The Bertz CT molecular complexity index is 2420. The summed E-state index contributed by atoms with van der Waals surface area (Å²) in [4.78, 5) is 39.3. The summed E-state index contributed by atoms with van der Waals surface area (Å²) in [5.41, 5.74) is 14.3. The van der Waals surface area contributed by atoms with Crippen LogP contribution in [0.4, 0.5) is 0 Å². The molecule has 0 fully saturated rings. The molecule has 0 atom stereocenters. The van der Waals surface area contributed by atoms with Crippen LogP contribution in [0.3, 0.4) is 0 Å². The number of aromatic nitrogens is 15. The molecule has 0 aliphatic rings. The van der Waals surface area contributed by atoms with Gasteiger partial charge in [0.25, 0.3) is 0 Å². The van der Waals surface area contributed by atoms with E-state index in [0.717, 1.165) is 84.6 Å². The third-order valence-corrected chi connectivity index (χ3v) is 8.42. The third kappa shape index (κ3) is 10.8. The van der Waals surface area contributed by atoms with Crippen molar-refractivity contribution in [2.24, 2.45) is 0 Å². The third-order valence-electron chi connectivity index (χ3n) is 8.42. The SMILES string of the molecule is Cc1ccnc(-c2cc(C)cc(-c3ncn[nH]3)n2)c1.Cc1ccnc(-c2cc(C)cc(-c3ncn[nH]3)n2)c1.Cc1ccnc(-c2cc(C)cc(-c3ncn[nH]3)n2)c1.[Eu]. The Kier molecular flexibility index (Phi) is 13.9. The Labute approximate surface area is 375 Å². The van der Waals surface area contributed by atoms with Crippen LogP contribution in [0.15, 0.2) is 110 Å². The molecule has 0 aliphatic heterocycles. The number of aromatic amines is 3. The molecule has 0 bridgehead atoms. The monoisotopic (exact) mass is 906 g/mol. The van der Waals surface area contributed by atoms with Crippen molar-refractivity contribution in [1.82, 2.24) is 75.4 Å². The van der Waals surface area contributed by atoms with Crippen LogP contribution in [-0.2, 0) is 0 Å². The molecular formula is C42H39EuN15. The summed E-state index contributed by atoms with van der Waals surface area (Å²) in [5, 5.41) is 20.0. The molecule has 16 heteroatoms. The summed E-state index contributed by atoms with van der Waals surface area (Å²) in [7, 11) is 0. The van der Waals surface area contributed by atoms with E-state index in [2.05, 4.69) is 75.4 Å². The van der Waals surface area contributed by atoms with E-state index in [0.29, 0.717) is 17.5 Å².